The second-order valence-corrected chi connectivity index (χ2v) is 6.52. The maximum Gasteiger partial charge on any atom is 0.141 e. The van der Waals surface area contributed by atoms with Gasteiger partial charge < -0.3 is 5.11 Å². The third kappa shape index (κ3) is 2.55. The standard InChI is InChI=1S/C11H12N2O2S2/c12-17(13,15)11-6-5-10(16-11)9-4-2-1-3-8(9)7-14/h1-6,14H,7H2,(H3,12,13,15). The van der Waals surface area contributed by atoms with Crippen molar-refractivity contribution in [3.05, 3.63) is 42.0 Å². The van der Waals surface area contributed by atoms with Crippen molar-refractivity contribution in [3.8, 4) is 10.4 Å². The second-order valence-electron chi connectivity index (χ2n) is 3.53. The molecule has 1 aromatic carbocycles. The smallest absolute Gasteiger partial charge is 0.141 e. The van der Waals surface area contributed by atoms with Crippen LogP contribution in [0.25, 0.3) is 10.4 Å². The van der Waals surface area contributed by atoms with E-state index in [0.717, 1.165) is 16.0 Å². The summed E-state index contributed by atoms with van der Waals surface area (Å²) in [5.74, 6) is 0. The zero-order chi connectivity index (χ0) is 12.5. The van der Waals surface area contributed by atoms with Crippen LogP contribution < -0.4 is 5.14 Å². The van der Waals surface area contributed by atoms with Crippen LogP contribution in [0.1, 0.15) is 5.56 Å². The van der Waals surface area contributed by atoms with Gasteiger partial charge in [0, 0.05) is 4.88 Å². The van der Waals surface area contributed by atoms with Crippen molar-refractivity contribution in [2.45, 2.75) is 10.8 Å². The lowest BCUT2D eigenvalue weighted by Gasteiger charge is -2.03. The van der Waals surface area contributed by atoms with E-state index in [4.69, 9.17) is 9.92 Å². The summed E-state index contributed by atoms with van der Waals surface area (Å²) < 4.78 is 19.1. The van der Waals surface area contributed by atoms with E-state index >= 15 is 0 Å². The van der Waals surface area contributed by atoms with Crippen LogP contribution in [0.5, 0.6) is 0 Å². The topological polar surface area (TPSA) is 87.2 Å². The first kappa shape index (κ1) is 12.3. The van der Waals surface area contributed by atoms with Crippen LogP contribution in [0.15, 0.2) is 40.6 Å². The Morgan fingerprint density at radius 2 is 2.00 bits per heavy atom. The summed E-state index contributed by atoms with van der Waals surface area (Å²) in [6.07, 6.45) is 0. The van der Waals surface area contributed by atoms with Crippen molar-refractivity contribution in [1.82, 2.24) is 0 Å². The lowest BCUT2D eigenvalue weighted by molar-refractivity contribution is 0.282. The zero-order valence-electron chi connectivity index (χ0n) is 8.92. The van der Waals surface area contributed by atoms with Gasteiger partial charge in [0.05, 0.1) is 6.61 Å². The molecule has 4 nitrogen and oxygen atoms in total. The Morgan fingerprint density at radius 1 is 1.29 bits per heavy atom. The second kappa shape index (κ2) is 4.58. The SMILES string of the molecule is N=S(N)(=O)c1ccc(-c2ccccc2CO)s1. The Morgan fingerprint density at radius 3 is 2.59 bits per heavy atom. The van der Waals surface area contributed by atoms with E-state index in [1.165, 1.54) is 11.3 Å². The minimum Gasteiger partial charge on any atom is -0.392 e. The van der Waals surface area contributed by atoms with Gasteiger partial charge in [-0.1, -0.05) is 24.3 Å². The van der Waals surface area contributed by atoms with E-state index in [9.17, 15) is 9.32 Å². The van der Waals surface area contributed by atoms with Crippen molar-refractivity contribution >= 4 is 21.3 Å². The highest BCUT2D eigenvalue weighted by Crippen LogP contribution is 2.32. The van der Waals surface area contributed by atoms with Crippen molar-refractivity contribution in [2.75, 3.05) is 0 Å². The Bertz CT molecular complexity index is 632. The molecule has 0 spiro atoms. The Hall–Kier alpha value is -1.21. The molecule has 0 saturated heterocycles. The maximum absolute atomic E-state index is 11.4. The molecule has 0 radical (unpaired) electrons. The van der Waals surface area contributed by atoms with E-state index in [1.807, 2.05) is 24.3 Å². The number of aliphatic hydroxyl groups excluding tert-OH is 1. The van der Waals surface area contributed by atoms with Crippen LogP contribution in [0.2, 0.25) is 0 Å². The van der Waals surface area contributed by atoms with Gasteiger partial charge in [0.15, 0.2) is 0 Å². The summed E-state index contributed by atoms with van der Waals surface area (Å²) in [4.78, 5) is 0.857. The molecule has 1 aromatic heterocycles. The molecule has 0 aliphatic heterocycles. The Labute approximate surface area is 104 Å². The van der Waals surface area contributed by atoms with Crippen LogP contribution in [0.3, 0.4) is 0 Å². The molecule has 2 aromatic rings. The normalized spacial score (nSPS) is 14.5. The molecule has 90 valence electrons. The zero-order valence-corrected chi connectivity index (χ0v) is 10.6. The lowest BCUT2D eigenvalue weighted by Crippen LogP contribution is -2.07. The molecule has 17 heavy (non-hydrogen) atoms. The summed E-state index contributed by atoms with van der Waals surface area (Å²) in [5, 5.41) is 14.5. The van der Waals surface area contributed by atoms with E-state index in [-0.39, 0.29) is 6.61 Å². The Balaban J connectivity index is 2.51. The van der Waals surface area contributed by atoms with Gasteiger partial charge in [-0.05, 0) is 23.3 Å². The van der Waals surface area contributed by atoms with Crippen LogP contribution in [0.4, 0.5) is 0 Å². The third-order valence-corrected chi connectivity index (χ3v) is 4.97. The van der Waals surface area contributed by atoms with Gasteiger partial charge in [0.2, 0.25) is 0 Å². The predicted molar refractivity (Wildman–Crippen MR) is 69.0 cm³/mol. The summed E-state index contributed by atoms with van der Waals surface area (Å²) in [5.41, 5.74) is 1.68. The number of nitrogens with one attached hydrogen (secondary N) is 1. The summed E-state index contributed by atoms with van der Waals surface area (Å²) in [6.45, 7) is -0.0533. The van der Waals surface area contributed by atoms with Gasteiger partial charge in [0.1, 0.15) is 14.1 Å². The minimum atomic E-state index is -3.15. The van der Waals surface area contributed by atoms with Gasteiger partial charge in [-0.3, -0.25) is 0 Å². The number of hydrogen-bond donors (Lipinski definition) is 3. The van der Waals surface area contributed by atoms with Crippen LogP contribution in [-0.4, -0.2) is 9.32 Å². The molecule has 6 heteroatoms. The molecule has 0 saturated carbocycles. The van der Waals surface area contributed by atoms with Crippen molar-refractivity contribution in [2.24, 2.45) is 5.14 Å². The van der Waals surface area contributed by atoms with Crippen molar-refractivity contribution < 1.29 is 9.32 Å². The fraction of sp³-hybridized carbons (Fsp3) is 0.0909. The predicted octanol–water partition coefficient (Wildman–Crippen LogP) is 2.19. The van der Waals surface area contributed by atoms with Gasteiger partial charge >= 0.3 is 0 Å². The largest absolute Gasteiger partial charge is 0.392 e. The number of nitrogens with two attached hydrogens (primary N) is 1. The minimum absolute atomic E-state index is 0.0533. The third-order valence-electron chi connectivity index (χ3n) is 2.33. The average Bonchev–Trinajstić information content (AvgIpc) is 2.77. The quantitative estimate of drug-likeness (QED) is 0.796. The monoisotopic (exact) mass is 268 g/mol. The molecule has 0 amide bonds. The van der Waals surface area contributed by atoms with Gasteiger partial charge in [-0.15, -0.1) is 11.3 Å². The summed E-state index contributed by atoms with van der Waals surface area (Å²) in [7, 11) is -3.15. The summed E-state index contributed by atoms with van der Waals surface area (Å²) in [6, 6.07) is 10.8. The highest BCUT2D eigenvalue weighted by atomic mass is 32.2. The first-order valence-electron chi connectivity index (χ1n) is 4.88. The van der Waals surface area contributed by atoms with Gasteiger partial charge in [-0.2, -0.15) is 0 Å². The highest BCUT2D eigenvalue weighted by molar-refractivity contribution is 7.92. The van der Waals surface area contributed by atoms with E-state index in [2.05, 4.69) is 0 Å². The molecule has 0 bridgehead atoms. The number of benzene rings is 1. The maximum atomic E-state index is 11.4. The van der Waals surface area contributed by atoms with E-state index in [1.54, 1.807) is 12.1 Å². The molecule has 4 N–H and O–H groups in total. The molecule has 1 heterocycles. The van der Waals surface area contributed by atoms with Gasteiger partial charge in [0.25, 0.3) is 0 Å². The van der Waals surface area contributed by atoms with Crippen LogP contribution >= 0.6 is 11.3 Å². The molecular formula is C11H12N2O2S2. The molecule has 0 aliphatic rings. The molecule has 1 atom stereocenters. The first-order chi connectivity index (χ1) is 8.02. The van der Waals surface area contributed by atoms with E-state index < -0.39 is 9.92 Å². The first-order valence-corrected chi connectivity index (χ1v) is 7.31. The Kier molecular flexibility index (Phi) is 3.30. The van der Waals surface area contributed by atoms with Crippen molar-refractivity contribution in [3.63, 3.8) is 0 Å². The van der Waals surface area contributed by atoms with E-state index in [0.29, 0.717) is 4.21 Å². The molecular weight excluding hydrogens is 256 g/mol. The number of aliphatic hydroxyl groups is 1. The molecule has 2 rings (SSSR count). The number of thiophene rings is 1. The average molecular weight is 268 g/mol. The molecule has 0 fully saturated rings. The summed E-state index contributed by atoms with van der Waals surface area (Å²) >= 11 is 1.22. The fourth-order valence-corrected chi connectivity index (χ4v) is 3.36. The molecule has 0 aliphatic carbocycles. The number of hydrogen-bond acceptors (Lipinski definition) is 4. The van der Waals surface area contributed by atoms with Crippen LogP contribution in [-0.2, 0) is 16.5 Å². The lowest BCUT2D eigenvalue weighted by atomic mass is 10.1. The number of rotatable bonds is 3. The highest BCUT2D eigenvalue weighted by Gasteiger charge is 2.11. The fourth-order valence-electron chi connectivity index (χ4n) is 1.53. The van der Waals surface area contributed by atoms with Crippen LogP contribution in [0, 0.1) is 4.78 Å². The van der Waals surface area contributed by atoms with Gasteiger partial charge in [-0.25, -0.2) is 14.1 Å². The molecule has 1 unspecified atom stereocenters. The van der Waals surface area contributed by atoms with Crippen molar-refractivity contribution in [1.29, 1.82) is 4.78 Å².